The molecular formula is C19H26N4O. The highest BCUT2D eigenvalue weighted by atomic mass is 16.5. The van der Waals surface area contributed by atoms with Crippen LogP contribution in [0.3, 0.4) is 0 Å². The van der Waals surface area contributed by atoms with Crippen molar-refractivity contribution in [3.63, 3.8) is 0 Å². The van der Waals surface area contributed by atoms with Gasteiger partial charge in [0, 0.05) is 24.8 Å². The van der Waals surface area contributed by atoms with Crippen molar-refractivity contribution in [3.8, 4) is 0 Å². The fourth-order valence-electron chi connectivity index (χ4n) is 3.97. The number of benzene rings is 1. The lowest BCUT2D eigenvalue weighted by molar-refractivity contribution is 0.304. The summed E-state index contributed by atoms with van der Waals surface area (Å²) >= 11 is 0. The first-order valence-corrected chi connectivity index (χ1v) is 9.12. The summed E-state index contributed by atoms with van der Waals surface area (Å²) in [6.07, 6.45) is 6.12. The van der Waals surface area contributed by atoms with Crippen LogP contribution in [0.5, 0.6) is 0 Å². The van der Waals surface area contributed by atoms with E-state index in [1.807, 2.05) is 6.92 Å². The van der Waals surface area contributed by atoms with Gasteiger partial charge in [-0.2, -0.15) is 4.98 Å². The van der Waals surface area contributed by atoms with Crippen molar-refractivity contribution in [2.75, 3.05) is 18.0 Å². The third-order valence-corrected chi connectivity index (χ3v) is 5.34. The Bertz CT molecular complexity index is 703. The second-order valence-corrected chi connectivity index (χ2v) is 7.14. The normalized spacial score (nSPS) is 19.5. The summed E-state index contributed by atoms with van der Waals surface area (Å²) in [6, 6.07) is 7.68. The Morgan fingerprint density at radius 1 is 1.21 bits per heavy atom. The van der Waals surface area contributed by atoms with Gasteiger partial charge in [0.15, 0.2) is 5.82 Å². The fourth-order valence-corrected chi connectivity index (χ4v) is 3.97. The highest BCUT2D eigenvalue weighted by Crippen LogP contribution is 2.28. The van der Waals surface area contributed by atoms with Crippen molar-refractivity contribution < 1.29 is 4.52 Å². The molecule has 24 heavy (non-hydrogen) atoms. The molecule has 5 nitrogen and oxygen atoms in total. The Kier molecular flexibility index (Phi) is 4.27. The Hall–Kier alpha value is -1.88. The number of aryl methyl sites for hydroxylation is 3. The second kappa shape index (κ2) is 6.55. The summed E-state index contributed by atoms with van der Waals surface area (Å²) in [5.41, 5.74) is 4.52. The molecule has 1 unspecified atom stereocenters. The van der Waals surface area contributed by atoms with Gasteiger partial charge < -0.3 is 14.7 Å². The summed E-state index contributed by atoms with van der Waals surface area (Å²) in [5.74, 6) is 1.39. The van der Waals surface area contributed by atoms with E-state index >= 15 is 0 Å². The van der Waals surface area contributed by atoms with E-state index in [-0.39, 0.29) is 6.04 Å². The van der Waals surface area contributed by atoms with Gasteiger partial charge in [-0.15, -0.1) is 0 Å². The Balaban J connectivity index is 1.33. The van der Waals surface area contributed by atoms with E-state index in [2.05, 4.69) is 45.5 Å². The minimum Gasteiger partial charge on any atom is -0.371 e. The molecule has 1 aromatic heterocycles. The number of hydrogen-bond acceptors (Lipinski definition) is 5. The molecule has 1 aromatic carbocycles. The molecule has 0 radical (unpaired) electrons. The lowest BCUT2D eigenvalue weighted by atomic mass is 10.0. The van der Waals surface area contributed by atoms with Gasteiger partial charge >= 0.3 is 0 Å². The molecule has 1 aliphatic heterocycles. The first kappa shape index (κ1) is 15.6. The summed E-state index contributed by atoms with van der Waals surface area (Å²) in [4.78, 5) is 6.85. The average molecular weight is 326 g/mol. The molecule has 0 amide bonds. The van der Waals surface area contributed by atoms with Crippen molar-refractivity contribution in [1.82, 2.24) is 15.5 Å². The van der Waals surface area contributed by atoms with Crippen molar-refractivity contribution in [2.24, 2.45) is 0 Å². The maximum atomic E-state index is 5.27. The topological polar surface area (TPSA) is 54.2 Å². The van der Waals surface area contributed by atoms with E-state index < -0.39 is 0 Å². The first-order valence-electron chi connectivity index (χ1n) is 9.12. The van der Waals surface area contributed by atoms with Crippen LogP contribution in [0.15, 0.2) is 22.7 Å². The van der Waals surface area contributed by atoms with E-state index in [1.165, 1.54) is 24.9 Å². The largest absolute Gasteiger partial charge is 0.371 e. The number of piperidine rings is 1. The highest BCUT2D eigenvalue weighted by Gasteiger charge is 2.23. The molecule has 1 atom stereocenters. The summed E-state index contributed by atoms with van der Waals surface area (Å²) in [6.45, 7) is 6.16. The molecule has 1 N–H and O–H groups in total. The standard InChI is InChI=1S/C19H26N4O/c1-13(19-21-14(2)22-24-19)20-17-8-10-23(11-9-17)18-7-6-15-4-3-5-16(15)12-18/h6-7,12-13,17,20H,3-5,8-11H2,1-2H3. The molecule has 1 fully saturated rings. The maximum absolute atomic E-state index is 5.27. The minimum absolute atomic E-state index is 0.114. The van der Waals surface area contributed by atoms with Crippen molar-refractivity contribution in [2.45, 2.75) is 58.0 Å². The lowest BCUT2D eigenvalue weighted by Crippen LogP contribution is -2.43. The summed E-state index contributed by atoms with van der Waals surface area (Å²) < 4.78 is 5.27. The number of anilines is 1. The minimum atomic E-state index is 0.114. The first-order chi connectivity index (χ1) is 11.7. The average Bonchev–Trinajstić information content (AvgIpc) is 3.23. The number of hydrogen-bond donors (Lipinski definition) is 1. The van der Waals surface area contributed by atoms with Gasteiger partial charge in [-0.3, -0.25) is 0 Å². The van der Waals surface area contributed by atoms with Crippen molar-refractivity contribution in [1.29, 1.82) is 0 Å². The monoisotopic (exact) mass is 326 g/mol. The van der Waals surface area contributed by atoms with Crippen LogP contribution in [-0.2, 0) is 12.8 Å². The molecule has 2 aromatic rings. The molecule has 4 rings (SSSR count). The van der Waals surface area contributed by atoms with Crippen LogP contribution < -0.4 is 10.2 Å². The Morgan fingerprint density at radius 3 is 2.75 bits per heavy atom. The number of fused-ring (bicyclic) bond motifs is 1. The lowest BCUT2D eigenvalue weighted by Gasteiger charge is -2.35. The van der Waals surface area contributed by atoms with Crippen molar-refractivity contribution in [3.05, 3.63) is 41.0 Å². The summed E-state index contributed by atoms with van der Waals surface area (Å²) in [5, 5.41) is 7.52. The smallest absolute Gasteiger partial charge is 0.243 e. The van der Waals surface area contributed by atoms with E-state index in [0.717, 1.165) is 25.9 Å². The molecule has 1 aliphatic carbocycles. The number of aromatic nitrogens is 2. The number of nitrogens with zero attached hydrogens (tertiary/aromatic N) is 3. The van der Waals surface area contributed by atoms with Crippen LogP contribution in [0, 0.1) is 6.92 Å². The molecule has 2 heterocycles. The Labute approximate surface area is 143 Å². The predicted molar refractivity (Wildman–Crippen MR) is 94.3 cm³/mol. The zero-order valence-electron chi connectivity index (χ0n) is 14.6. The zero-order chi connectivity index (χ0) is 16.5. The molecule has 5 heteroatoms. The quantitative estimate of drug-likeness (QED) is 0.935. The van der Waals surface area contributed by atoms with Crippen LogP contribution in [0.4, 0.5) is 5.69 Å². The van der Waals surface area contributed by atoms with Gasteiger partial charge in [-0.1, -0.05) is 11.2 Å². The van der Waals surface area contributed by atoms with Gasteiger partial charge in [0.2, 0.25) is 5.89 Å². The fraction of sp³-hybridized carbons (Fsp3) is 0.579. The van der Waals surface area contributed by atoms with Gasteiger partial charge in [0.1, 0.15) is 0 Å². The molecule has 1 saturated heterocycles. The van der Waals surface area contributed by atoms with Crippen molar-refractivity contribution >= 4 is 5.69 Å². The van der Waals surface area contributed by atoms with Crippen LogP contribution in [0.2, 0.25) is 0 Å². The van der Waals surface area contributed by atoms with E-state index in [4.69, 9.17) is 4.52 Å². The van der Waals surface area contributed by atoms with Crippen LogP contribution >= 0.6 is 0 Å². The molecule has 2 aliphatic rings. The van der Waals surface area contributed by atoms with Crippen LogP contribution in [0.1, 0.15) is 55.1 Å². The molecule has 0 spiro atoms. The third-order valence-electron chi connectivity index (χ3n) is 5.34. The second-order valence-electron chi connectivity index (χ2n) is 7.14. The molecule has 0 bridgehead atoms. The van der Waals surface area contributed by atoms with E-state index in [9.17, 15) is 0 Å². The number of rotatable bonds is 4. The SMILES string of the molecule is Cc1noc(C(C)NC2CCN(c3ccc4c(c3)CCC4)CC2)n1. The predicted octanol–water partition coefficient (Wildman–Crippen LogP) is 3.19. The van der Waals surface area contributed by atoms with Gasteiger partial charge in [0.05, 0.1) is 6.04 Å². The highest BCUT2D eigenvalue weighted by molar-refractivity contribution is 5.52. The molecular weight excluding hydrogens is 300 g/mol. The molecule has 128 valence electrons. The van der Waals surface area contributed by atoms with Crippen LogP contribution in [0.25, 0.3) is 0 Å². The van der Waals surface area contributed by atoms with Gasteiger partial charge in [0.25, 0.3) is 0 Å². The van der Waals surface area contributed by atoms with E-state index in [0.29, 0.717) is 17.8 Å². The molecule has 0 saturated carbocycles. The van der Waals surface area contributed by atoms with E-state index in [1.54, 1.807) is 11.1 Å². The maximum Gasteiger partial charge on any atom is 0.243 e. The Morgan fingerprint density at radius 2 is 2.00 bits per heavy atom. The number of nitrogens with one attached hydrogen (secondary N) is 1. The summed E-state index contributed by atoms with van der Waals surface area (Å²) in [7, 11) is 0. The zero-order valence-corrected chi connectivity index (χ0v) is 14.6. The van der Waals surface area contributed by atoms with Gasteiger partial charge in [-0.05, 0) is 69.2 Å². The third kappa shape index (κ3) is 3.18. The van der Waals surface area contributed by atoms with Crippen LogP contribution in [-0.4, -0.2) is 29.3 Å². The van der Waals surface area contributed by atoms with Gasteiger partial charge in [-0.25, -0.2) is 0 Å².